The summed E-state index contributed by atoms with van der Waals surface area (Å²) in [5.41, 5.74) is 2.84. The maximum atomic E-state index is 13.0. The molecule has 1 heterocycles. The summed E-state index contributed by atoms with van der Waals surface area (Å²) in [5, 5.41) is 0. The molecule has 0 bridgehead atoms. The lowest BCUT2D eigenvalue weighted by Crippen LogP contribution is -2.32. The van der Waals surface area contributed by atoms with Crippen molar-refractivity contribution in [2.45, 2.75) is 37.4 Å². The van der Waals surface area contributed by atoms with E-state index in [2.05, 4.69) is 36.2 Å². The van der Waals surface area contributed by atoms with Crippen molar-refractivity contribution in [3.05, 3.63) is 70.8 Å². The Morgan fingerprint density at radius 2 is 1.84 bits per heavy atom. The molecule has 2 aromatic carbocycles. The lowest BCUT2D eigenvalue weighted by Gasteiger charge is -2.32. The van der Waals surface area contributed by atoms with E-state index in [1.54, 1.807) is 6.07 Å². The van der Waals surface area contributed by atoms with Gasteiger partial charge in [-0.1, -0.05) is 36.4 Å². The van der Waals surface area contributed by atoms with Gasteiger partial charge in [0.25, 0.3) is 0 Å². The van der Waals surface area contributed by atoms with E-state index in [-0.39, 0.29) is 0 Å². The van der Waals surface area contributed by atoms with Gasteiger partial charge in [0.05, 0.1) is 5.56 Å². The Labute approximate surface area is 146 Å². The molecule has 1 fully saturated rings. The molecule has 3 atom stereocenters. The van der Waals surface area contributed by atoms with Crippen LogP contribution in [0.25, 0.3) is 0 Å². The summed E-state index contributed by atoms with van der Waals surface area (Å²) in [6.45, 7) is 0.931. The molecule has 132 valence electrons. The van der Waals surface area contributed by atoms with Crippen molar-refractivity contribution >= 4 is 0 Å². The third-order valence-corrected chi connectivity index (χ3v) is 5.97. The van der Waals surface area contributed by atoms with Gasteiger partial charge in [-0.15, -0.1) is 0 Å². The fourth-order valence-electron chi connectivity index (χ4n) is 4.74. The quantitative estimate of drug-likeness (QED) is 0.748. The zero-order valence-electron chi connectivity index (χ0n) is 14.3. The minimum Gasteiger partial charge on any atom is -0.302 e. The molecule has 1 unspecified atom stereocenters. The summed E-state index contributed by atoms with van der Waals surface area (Å²) in [5.74, 6) is 0.874. The number of alkyl halides is 3. The lowest BCUT2D eigenvalue weighted by atomic mass is 9.73. The van der Waals surface area contributed by atoms with Gasteiger partial charge in [0.2, 0.25) is 0 Å². The number of nitrogens with zero attached hydrogens (tertiary/aromatic N) is 1. The van der Waals surface area contributed by atoms with Crippen molar-refractivity contribution in [1.29, 1.82) is 0 Å². The van der Waals surface area contributed by atoms with Gasteiger partial charge in [0.1, 0.15) is 0 Å². The van der Waals surface area contributed by atoms with E-state index < -0.39 is 11.7 Å². The van der Waals surface area contributed by atoms with Crippen LogP contribution in [0.5, 0.6) is 0 Å². The molecule has 0 saturated carbocycles. The highest BCUT2D eigenvalue weighted by molar-refractivity contribution is 5.39. The fraction of sp³-hybridized carbons (Fsp3) is 0.429. The lowest BCUT2D eigenvalue weighted by molar-refractivity contribution is -0.137. The predicted octanol–water partition coefficient (Wildman–Crippen LogP) is 4.91. The third kappa shape index (κ3) is 3.08. The van der Waals surface area contributed by atoms with Crippen molar-refractivity contribution < 1.29 is 13.2 Å². The minimum absolute atomic E-state index is 0.352. The Kier molecular flexibility index (Phi) is 4.11. The Bertz CT molecular complexity index is 753. The Balaban J connectivity index is 1.60. The third-order valence-electron chi connectivity index (χ3n) is 5.97. The molecule has 0 amide bonds. The highest BCUT2D eigenvalue weighted by Crippen LogP contribution is 2.46. The minimum atomic E-state index is -4.26. The zero-order chi connectivity index (χ0) is 17.6. The first kappa shape index (κ1) is 16.6. The van der Waals surface area contributed by atoms with Gasteiger partial charge in [-0.05, 0) is 61.1 Å². The second-order valence-electron chi connectivity index (χ2n) is 7.42. The first-order valence-corrected chi connectivity index (χ1v) is 8.87. The van der Waals surface area contributed by atoms with Crippen LogP contribution in [0, 0.1) is 5.92 Å². The average Bonchev–Trinajstić information content (AvgIpc) is 2.91. The van der Waals surface area contributed by atoms with Gasteiger partial charge in [-0.2, -0.15) is 13.2 Å². The molecule has 2 aliphatic rings. The smallest absolute Gasteiger partial charge is 0.302 e. The van der Waals surface area contributed by atoms with E-state index in [4.69, 9.17) is 0 Å². The fourth-order valence-corrected chi connectivity index (χ4v) is 4.74. The molecule has 4 heteroatoms. The molecule has 0 radical (unpaired) electrons. The van der Waals surface area contributed by atoms with Gasteiger partial charge < -0.3 is 4.90 Å². The number of aryl methyl sites for hydroxylation is 1. The summed E-state index contributed by atoms with van der Waals surface area (Å²) in [4.78, 5) is 2.40. The van der Waals surface area contributed by atoms with E-state index in [0.29, 0.717) is 17.9 Å². The van der Waals surface area contributed by atoms with Crippen LogP contribution in [-0.2, 0) is 19.0 Å². The van der Waals surface area contributed by atoms with Crippen LogP contribution in [0.1, 0.15) is 34.6 Å². The summed E-state index contributed by atoms with van der Waals surface area (Å²) in [7, 11) is 2.15. The standard InChI is InChI=1S/C21H22F3N/c1-25-13-19-17-10-8-16(21(22,23)24)12-15(17)7-9-18(19)20(25)11-14-5-3-2-4-6-14/h2-6,8,10,12,18-20H,7,9,11,13H2,1H3/t18?,19-,20-/m1/s1. The van der Waals surface area contributed by atoms with Crippen LogP contribution in [0.3, 0.4) is 0 Å². The molecule has 0 N–H and O–H groups in total. The number of rotatable bonds is 2. The Hall–Kier alpha value is -1.81. The van der Waals surface area contributed by atoms with Crippen LogP contribution >= 0.6 is 0 Å². The largest absolute Gasteiger partial charge is 0.416 e. The molecule has 25 heavy (non-hydrogen) atoms. The van der Waals surface area contributed by atoms with E-state index in [1.807, 2.05) is 6.07 Å². The Morgan fingerprint density at radius 3 is 2.56 bits per heavy atom. The number of likely N-dealkylation sites (tertiary alicyclic amines) is 1. The predicted molar refractivity (Wildman–Crippen MR) is 92.6 cm³/mol. The van der Waals surface area contributed by atoms with Crippen LogP contribution in [0.2, 0.25) is 0 Å². The number of likely N-dealkylation sites (N-methyl/N-ethyl adjacent to an activating group) is 1. The van der Waals surface area contributed by atoms with Gasteiger partial charge in [0.15, 0.2) is 0 Å². The second kappa shape index (κ2) is 6.17. The topological polar surface area (TPSA) is 3.24 Å². The normalized spacial score (nSPS) is 26.3. The number of benzene rings is 2. The summed E-state index contributed by atoms with van der Waals surface area (Å²) in [6, 6.07) is 15.3. The van der Waals surface area contributed by atoms with E-state index in [0.717, 1.165) is 36.9 Å². The number of halogens is 3. The van der Waals surface area contributed by atoms with E-state index in [9.17, 15) is 13.2 Å². The number of hydrogen-bond donors (Lipinski definition) is 0. The molecule has 1 nitrogen and oxygen atoms in total. The van der Waals surface area contributed by atoms with Gasteiger partial charge in [-0.3, -0.25) is 0 Å². The first-order chi connectivity index (χ1) is 11.9. The number of fused-ring (bicyclic) bond motifs is 3. The maximum absolute atomic E-state index is 13.0. The molecule has 1 aliphatic carbocycles. The maximum Gasteiger partial charge on any atom is 0.416 e. The van der Waals surface area contributed by atoms with Crippen LogP contribution in [-0.4, -0.2) is 24.5 Å². The highest BCUT2D eigenvalue weighted by atomic mass is 19.4. The second-order valence-corrected chi connectivity index (χ2v) is 7.42. The molecule has 1 aliphatic heterocycles. The molecule has 4 rings (SSSR count). The van der Waals surface area contributed by atoms with Crippen molar-refractivity contribution in [3.63, 3.8) is 0 Å². The zero-order valence-corrected chi connectivity index (χ0v) is 14.3. The van der Waals surface area contributed by atoms with Crippen LogP contribution < -0.4 is 0 Å². The summed E-state index contributed by atoms with van der Waals surface area (Å²) in [6.07, 6.45) is -1.52. The Morgan fingerprint density at radius 1 is 1.08 bits per heavy atom. The van der Waals surface area contributed by atoms with Gasteiger partial charge >= 0.3 is 6.18 Å². The first-order valence-electron chi connectivity index (χ1n) is 8.87. The van der Waals surface area contributed by atoms with Crippen molar-refractivity contribution in [1.82, 2.24) is 4.90 Å². The highest BCUT2D eigenvalue weighted by Gasteiger charge is 2.43. The van der Waals surface area contributed by atoms with E-state index in [1.165, 1.54) is 17.7 Å². The van der Waals surface area contributed by atoms with Crippen molar-refractivity contribution in [3.8, 4) is 0 Å². The van der Waals surface area contributed by atoms with Crippen LogP contribution in [0.4, 0.5) is 13.2 Å². The van der Waals surface area contributed by atoms with E-state index >= 15 is 0 Å². The monoisotopic (exact) mass is 345 g/mol. The van der Waals surface area contributed by atoms with Gasteiger partial charge in [-0.25, -0.2) is 0 Å². The molecular weight excluding hydrogens is 323 g/mol. The number of hydrogen-bond acceptors (Lipinski definition) is 1. The molecule has 0 spiro atoms. The average molecular weight is 345 g/mol. The van der Waals surface area contributed by atoms with Crippen LogP contribution in [0.15, 0.2) is 48.5 Å². The summed E-state index contributed by atoms with van der Waals surface area (Å²) >= 11 is 0. The van der Waals surface area contributed by atoms with Crippen molar-refractivity contribution in [2.75, 3.05) is 13.6 Å². The molecular formula is C21H22F3N. The van der Waals surface area contributed by atoms with Gasteiger partial charge in [0, 0.05) is 18.5 Å². The molecule has 0 aromatic heterocycles. The summed E-state index contributed by atoms with van der Waals surface area (Å²) < 4.78 is 39.0. The molecule has 1 saturated heterocycles. The van der Waals surface area contributed by atoms with Crippen molar-refractivity contribution in [2.24, 2.45) is 5.92 Å². The SMILES string of the molecule is CN1C[C@@H]2c3ccc(C(F)(F)F)cc3CCC2[C@H]1Cc1ccccc1. The molecule has 2 aromatic rings.